The van der Waals surface area contributed by atoms with E-state index in [1.807, 2.05) is 26.8 Å². The molecule has 1 aromatic carbocycles. The molecule has 1 heterocycles. The minimum Gasteiger partial charge on any atom is -0.494 e. The first kappa shape index (κ1) is 22.6. The minimum atomic E-state index is -0.284. The zero-order chi connectivity index (χ0) is 21.2. The fourth-order valence-corrected chi connectivity index (χ4v) is 3.53. The molecular weight excluding hydrogens is 390 g/mol. The van der Waals surface area contributed by atoms with E-state index in [0.717, 1.165) is 4.88 Å². The second-order valence-corrected chi connectivity index (χ2v) is 7.73. The van der Waals surface area contributed by atoms with Crippen LogP contribution >= 0.6 is 11.3 Å². The van der Waals surface area contributed by atoms with Crippen LogP contribution in [0.5, 0.6) is 11.5 Å². The molecule has 6 nitrogen and oxygen atoms in total. The van der Waals surface area contributed by atoms with Crippen LogP contribution in [0, 0.1) is 6.92 Å². The van der Waals surface area contributed by atoms with Crippen LogP contribution < -0.4 is 14.8 Å². The van der Waals surface area contributed by atoms with Crippen molar-refractivity contribution < 1.29 is 23.9 Å². The van der Waals surface area contributed by atoms with E-state index in [-0.39, 0.29) is 43.2 Å². The summed E-state index contributed by atoms with van der Waals surface area (Å²) in [6.07, 6.45) is 0.464. The molecule has 0 radical (unpaired) electrons. The van der Waals surface area contributed by atoms with E-state index in [1.54, 1.807) is 24.3 Å². The van der Waals surface area contributed by atoms with Crippen molar-refractivity contribution in [1.82, 2.24) is 0 Å². The van der Waals surface area contributed by atoms with Gasteiger partial charge in [0.2, 0.25) is 5.91 Å². The number of thiophene rings is 1. The number of amides is 1. The second kappa shape index (κ2) is 11.4. The molecular formula is C22H27NO5S. The Hall–Kier alpha value is -2.67. The summed E-state index contributed by atoms with van der Waals surface area (Å²) in [6, 6.07) is 8.90. The molecule has 2 rings (SSSR count). The third-order valence-corrected chi connectivity index (χ3v) is 5.15. The van der Waals surface area contributed by atoms with Gasteiger partial charge in [-0.2, -0.15) is 0 Å². The number of aryl methyl sites for hydroxylation is 1. The fourth-order valence-electron chi connectivity index (χ4n) is 2.70. The average Bonchev–Trinajstić information content (AvgIpc) is 3.13. The predicted molar refractivity (Wildman–Crippen MR) is 114 cm³/mol. The fraction of sp³-hybridized carbons (Fsp3) is 0.409. The topological polar surface area (TPSA) is 81.7 Å². The number of benzene rings is 1. The average molecular weight is 418 g/mol. The Kier molecular flexibility index (Phi) is 8.86. The summed E-state index contributed by atoms with van der Waals surface area (Å²) in [5.41, 5.74) is 0.512. The van der Waals surface area contributed by atoms with Crippen molar-refractivity contribution in [2.75, 3.05) is 18.5 Å². The highest BCUT2D eigenvalue weighted by Gasteiger charge is 2.14. The highest BCUT2D eigenvalue weighted by atomic mass is 32.1. The summed E-state index contributed by atoms with van der Waals surface area (Å²) in [5, 5.41) is 2.78. The van der Waals surface area contributed by atoms with Crippen LogP contribution in [0.15, 0.2) is 30.3 Å². The highest BCUT2D eigenvalue weighted by Crippen LogP contribution is 2.29. The van der Waals surface area contributed by atoms with Crippen LogP contribution in [0.4, 0.5) is 5.69 Å². The highest BCUT2D eigenvalue weighted by molar-refractivity contribution is 7.14. The Morgan fingerprint density at radius 1 is 0.931 bits per heavy atom. The van der Waals surface area contributed by atoms with E-state index in [4.69, 9.17) is 9.47 Å². The van der Waals surface area contributed by atoms with Gasteiger partial charge in [-0.05, 0) is 45.0 Å². The number of hydrogen-bond acceptors (Lipinski definition) is 6. The maximum Gasteiger partial charge on any atom is 0.224 e. The smallest absolute Gasteiger partial charge is 0.224 e. The number of rotatable bonds is 12. The molecule has 0 spiro atoms. The normalized spacial score (nSPS) is 10.4. The summed E-state index contributed by atoms with van der Waals surface area (Å²) in [7, 11) is 0. The van der Waals surface area contributed by atoms with Gasteiger partial charge in [-0.1, -0.05) is 0 Å². The first-order valence-electron chi connectivity index (χ1n) is 9.73. The van der Waals surface area contributed by atoms with Crippen molar-refractivity contribution in [2.24, 2.45) is 0 Å². The molecule has 0 aliphatic rings. The van der Waals surface area contributed by atoms with E-state index in [1.165, 1.54) is 11.3 Å². The number of hydrogen-bond donors (Lipinski definition) is 1. The van der Waals surface area contributed by atoms with Gasteiger partial charge < -0.3 is 14.8 Å². The van der Waals surface area contributed by atoms with Gasteiger partial charge in [-0.15, -0.1) is 11.3 Å². The van der Waals surface area contributed by atoms with Crippen molar-refractivity contribution >= 4 is 34.5 Å². The van der Waals surface area contributed by atoms with Gasteiger partial charge in [-0.25, -0.2) is 0 Å². The summed E-state index contributed by atoms with van der Waals surface area (Å²) in [6.45, 7) is 6.66. The van der Waals surface area contributed by atoms with Crippen LogP contribution in [0.2, 0.25) is 0 Å². The van der Waals surface area contributed by atoms with Crippen LogP contribution in [0.3, 0.4) is 0 Å². The van der Waals surface area contributed by atoms with Gasteiger partial charge >= 0.3 is 0 Å². The van der Waals surface area contributed by atoms with Gasteiger partial charge in [0, 0.05) is 36.6 Å². The molecule has 7 heteroatoms. The van der Waals surface area contributed by atoms with Gasteiger partial charge in [0.25, 0.3) is 0 Å². The first-order chi connectivity index (χ1) is 13.9. The van der Waals surface area contributed by atoms with Crippen molar-refractivity contribution in [3.05, 3.63) is 40.1 Å². The predicted octanol–water partition coefficient (Wildman–Crippen LogP) is 4.80. The monoisotopic (exact) mass is 417 g/mol. The summed E-state index contributed by atoms with van der Waals surface area (Å²) >= 11 is 1.43. The number of Topliss-reactive ketones (excluding diaryl/α,β-unsaturated/α-hetero) is 2. The number of nitrogens with one attached hydrogen (secondary N) is 1. The van der Waals surface area contributed by atoms with Crippen LogP contribution in [0.25, 0.3) is 0 Å². The lowest BCUT2D eigenvalue weighted by Crippen LogP contribution is -2.15. The van der Waals surface area contributed by atoms with Crippen LogP contribution in [-0.4, -0.2) is 30.7 Å². The van der Waals surface area contributed by atoms with Gasteiger partial charge in [0.15, 0.2) is 5.78 Å². The maximum atomic E-state index is 12.3. The molecule has 156 valence electrons. The molecule has 0 fully saturated rings. The molecule has 1 amide bonds. The second-order valence-electron chi connectivity index (χ2n) is 6.44. The molecule has 0 atom stereocenters. The van der Waals surface area contributed by atoms with E-state index >= 15 is 0 Å². The van der Waals surface area contributed by atoms with E-state index in [9.17, 15) is 14.4 Å². The van der Waals surface area contributed by atoms with E-state index in [0.29, 0.717) is 35.3 Å². The molecule has 2 aromatic rings. The van der Waals surface area contributed by atoms with Crippen LogP contribution in [-0.2, 0) is 9.59 Å². The molecule has 0 unspecified atom stereocenters. The van der Waals surface area contributed by atoms with Crippen molar-refractivity contribution in [3.8, 4) is 11.5 Å². The Bertz CT molecular complexity index is 859. The van der Waals surface area contributed by atoms with Gasteiger partial charge in [0.05, 0.1) is 23.8 Å². The summed E-state index contributed by atoms with van der Waals surface area (Å²) < 4.78 is 11.0. The van der Waals surface area contributed by atoms with Crippen molar-refractivity contribution in [1.29, 1.82) is 0 Å². The molecule has 0 bridgehead atoms. The Labute approximate surface area is 175 Å². The Morgan fingerprint density at radius 3 is 2.31 bits per heavy atom. The standard InChI is InChI=1S/C22H27NO5S/c1-4-27-17-9-11-20(28-5-2)18(14-17)23-22(26)13-8-16(24)7-10-19(25)21-12-6-15(3)29-21/h6,9,11-12,14H,4-5,7-8,10,13H2,1-3H3,(H,23,26). The summed E-state index contributed by atoms with van der Waals surface area (Å²) in [4.78, 5) is 38.2. The lowest BCUT2D eigenvalue weighted by molar-refractivity contribution is -0.122. The number of carbonyl (C=O) groups is 3. The molecule has 0 aliphatic carbocycles. The van der Waals surface area contributed by atoms with E-state index in [2.05, 4.69) is 5.32 Å². The molecule has 1 aromatic heterocycles. The number of ether oxygens (including phenoxy) is 2. The Morgan fingerprint density at radius 2 is 1.66 bits per heavy atom. The third kappa shape index (κ3) is 7.34. The maximum absolute atomic E-state index is 12.3. The van der Waals surface area contributed by atoms with Gasteiger partial charge in [-0.3, -0.25) is 14.4 Å². The molecule has 0 saturated heterocycles. The largest absolute Gasteiger partial charge is 0.494 e. The quantitative estimate of drug-likeness (QED) is 0.502. The lowest BCUT2D eigenvalue weighted by Gasteiger charge is -2.13. The van der Waals surface area contributed by atoms with Crippen LogP contribution in [0.1, 0.15) is 54.1 Å². The Balaban J connectivity index is 1.83. The summed E-state index contributed by atoms with van der Waals surface area (Å²) in [5.74, 6) is 0.759. The SMILES string of the molecule is CCOc1ccc(OCC)c(NC(=O)CCC(=O)CCC(=O)c2ccc(C)s2)c1. The van der Waals surface area contributed by atoms with Crippen molar-refractivity contribution in [3.63, 3.8) is 0 Å². The third-order valence-electron chi connectivity index (χ3n) is 4.11. The first-order valence-corrected chi connectivity index (χ1v) is 10.5. The molecule has 0 saturated carbocycles. The lowest BCUT2D eigenvalue weighted by atomic mass is 10.1. The number of anilines is 1. The molecule has 0 aliphatic heterocycles. The zero-order valence-corrected chi connectivity index (χ0v) is 17.9. The minimum absolute atomic E-state index is 0.0324. The van der Waals surface area contributed by atoms with E-state index < -0.39 is 0 Å². The number of carbonyl (C=O) groups excluding carboxylic acids is 3. The number of ketones is 2. The van der Waals surface area contributed by atoms with Gasteiger partial charge in [0.1, 0.15) is 17.3 Å². The molecule has 1 N–H and O–H groups in total. The zero-order valence-electron chi connectivity index (χ0n) is 17.1. The molecule has 29 heavy (non-hydrogen) atoms. The van der Waals surface area contributed by atoms with Crippen molar-refractivity contribution in [2.45, 2.75) is 46.5 Å².